The molecule has 1 amide bonds. The van der Waals surface area contributed by atoms with Gasteiger partial charge in [0.2, 0.25) is 5.91 Å². The van der Waals surface area contributed by atoms with Crippen molar-refractivity contribution in [2.24, 2.45) is 17.6 Å². The van der Waals surface area contributed by atoms with Gasteiger partial charge in [-0.2, -0.15) is 0 Å². The Kier molecular flexibility index (Phi) is 4.82. The molecule has 3 heteroatoms. The molecule has 1 unspecified atom stereocenters. The quantitative estimate of drug-likeness (QED) is 0.687. The van der Waals surface area contributed by atoms with Crippen LogP contribution in [-0.2, 0) is 4.79 Å². The van der Waals surface area contributed by atoms with Crippen LogP contribution >= 0.6 is 0 Å². The lowest BCUT2D eigenvalue weighted by Crippen LogP contribution is -2.39. The van der Waals surface area contributed by atoms with Crippen molar-refractivity contribution >= 4 is 5.91 Å². The van der Waals surface area contributed by atoms with Gasteiger partial charge in [0.1, 0.15) is 0 Å². The maximum absolute atomic E-state index is 12.0. The van der Waals surface area contributed by atoms with E-state index in [0.717, 1.165) is 6.54 Å². The fourth-order valence-electron chi connectivity index (χ4n) is 1.54. The lowest BCUT2D eigenvalue weighted by molar-refractivity contribution is -0.131. The first-order chi connectivity index (χ1) is 7.54. The molecule has 0 aromatic carbocycles. The summed E-state index contributed by atoms with van der Waals surface area (Å²) in [6, 6.07) is -0.0630. The number of terminal acetylenes is 1. The van der Waals surface area contributed by atoms with Gasteiger partial charge in [-0.3, -0.25) is 4.79 Å². The van der Waals surface area contributed by atoms with Gasteiger partial charge in [0.15, 0.2) is 0 Å². The number of nitrogens with two attached hydrogens (primary N) is 1. The van der Waals surface area contributed by atoms with Gasteiger partial charge in [-0.15, -0.1) is 6.42 Å². The van der Waals surface area contributed by atoms with Crippen LogP contribution in [0, 0.1) is 24.2 Å². The molecule has 3 nitrogen and oxygen atoms in total. The monoisotopic (exact) mass is 222 g/mol. The van der Waals surface area contributed by atoms with E-state index in [9.17, 15) is 4.79 Å². The summed E-state index contributed by atoms with van der Waals surface area (Å²) in [4.78, 5) is 13.7. The summed E-state index contributed by atoms with van der Waals surface area (Å²) in [5.74, 6) is 3.66. The largest absolute Gasteiger partial charge is 0.331 e. The third kappa shape index (κ3) is 4.24. The molecule has 1 aliphatic carbocycles. The van der Waals surface area contributed by atoms with Crippen molar-refractivity contribution in [1.82, 2.24) is 4.90 Å². The van der Waals surface area contributed by atoms with Crippen molar-refractivity contribution in [2.45, 2.75) is 39.2 Å². The van der Waals surface area contributed by atoms with Gasteiger partial charge >= 0.3 is 0 Å². The number of carbonyl (C=O) groups excluding carboxylic acids is 1. The predicted molar refractivity (Wildman–Crippen MR) is 65.6 cm³/mol. The molecule has 0 aromatic rings. The van der Waals surface area contributed by atoms with Gasteiger partial charge in [0.25, 0.3) is 0 Å². The molecule has 0 aliphatic heterocycles. The molecule has 1 saturated carbocycles. The Morgan fingerprint density at radius 2 is 2.19 bits per heavy atom. The summed E-state index contributed by atoms with van der Waals surface area (Å²) in [5, 5.41) is 0. The summed E-state index contributed by atoms with van der Waals surface area (Å²) in [5.41, 5.74) is 5.90. The van der Waals surface area contributed by atoms with E-state index in [0.29, 0.717) is 24.8 Å². The molecule has 0 bridgehead atoms. The summed E-state index contributed by atoms with van der Waals surface area (Å²) >= 11 is 0. The van der Waals surface area contributed by atoms with Crippen molar-refractivity contribution in [3.63, 3.8) is 0 Å². The van der Waals surface area contributed by atoms with Crippen molar-refractivity contribution in [2.75, 3.05) is 13.1 Å². The third-order valence-corrected chi connectivity index (χ3v) is 3.08. The van der Waals surface area contributed by atoms with E-state index in [1.807, 2.05) is 13.8 Å². The zero-order valence-corrected chi connectivity index (χ0v) is 10.3. The molecule has 2 N–H and O–H groups in total. The summed E-state index contributed by atoms with van der Waals surface area (Å²) in [7, 11) is 0. The minimum absolute atomic E-state index is 0.0630. The van der Waals surface area contributed by atoms with E-state index in [1.54, 1.807) is 4.90 Å². The van der Waals surface area contributed by atoms with Crippen LogP contribution in [0.2, 0.25) is 0 Å². The average Bonchev–Trinajstić information content (AvgIpc) is 3.00. The highest BCUT2D eigenvalue weighted by Crippen LogP contribution is 2.29. The Morgan fingerprint density at radius 1 is 1.56 bits per heavy atom. The molecule has 0 saturated heterocycles. The number of carbonyl (C=O) groups is 1. The van der Waals surface area contributed by atoms with E-state index >= 15 is 0 Å². The van der Waals surface area contributed by atoms with E-state index < -0.39 is 0 Å². The van der Waals surface area contributed by atoms with Crippen LogP contribution in [0.1, 0.15) is 33.1 Å². The first-order valence-electron chi connectivity index (χ1n) is 6.01. The van der Waals surface area contributed by atoms with Gasteiger partial charge in [-0.25, -0.2) is 0 Å². The van der Waals surface area contributed by atoms with Crippen LogP contribution in [0.4, 0.5) is 0 Å². The summed E-state index contributed by atoms with van der Waals surface area (Å²) in [6.45, 7) is 5.29. The number of amides is 1. The topological polar surface area (TPSA) is 46.3 Å². The summed E-state index contributed by atoms with van der Waals surface area (Å²) < 4.78 is 0. The van der Waals surface area contributed by atoms with Crippen LogP contribution in [0.25, 0.3) is 0 Å². The second-order valence-electron chi connectivity index (χ2n) is 5.03. The van der Waals surface area contributed by atoms with Crippen LogP contribution < -0.4 is 5.73 Å². The van der Waals surface area contributed by atoms with Gasteiger partial charge in [0, 0.05) is 19.0 Å². The van der Waals surface area contributed by atoms with Gasteiger partial charge in [-0.1, -0.05) is 19.8 Å². The van der Waals surface area contributed by atoms with Crippen LogP contribution in [0.15, 0.2) is 0 Å². The third-order valence-electron chi connectivity index (χ3n) is 3.08. The van der Waals surface area contributed by atoms with Crippen LogP contribution in [0.5, 0.6) is 0 Å². The zero-order valence-electron chi connectivity index (χ0n) is 10.3. The second-order valence-corrected chi connectivity index (χ2v) is 5.03. The molecule has 1 rings (SSSR count). The second kappa shape index (κ2) is 5.91. The molecule has 0 radical (unpaired) electrons. The number of hydrogen-bond acceptors (Lipinski definition) is 2. The van der Waals surface area contributed by atoms with Crippen molar-refractivity contribution in [3.05, 3.63) is 0 Å². The molecule has 90 valence electrons. The predicted octanol–water partition coefficient (Wildman–Crippen LogP) is 1.23. The zero-order chi connectivity index (χ0) is 12.1. The highest BCUT2D eigenvalue weighted by Gasteiger charge is 2.27. The maximum atomic E-state index is 12.0. The molecule has 1 atom stereocenters. The summed E-state index contributed by atoms with van der Waals surface area (Å²) in [6.07, 6.45) is 8.14. The first-order valence-corrected chi connectivity index (χ1v) is 6.01. The normalized spacial score (nSPS) is 16.9. The van der Waals surface area contributed by atoms with Crippen molar-refractivity contribution in [3.8, 4) is 12.3 Å². The smallest absolute Gasteiger partial charge is 0.224 e. The van der Waals surface area contributed by atoms with Crippen molar-refractivity contribution in [1.29, 1.82) is 0 Å². The number of nitrogens with zero attached hydrogens (tertiary/aromatic N) is 1. The Balaban J connectivity index is 2.42. The molecule has 0 heterocycles. The molecular weight excluding hydrogens is 200 g/mol. The number of rotatable bonds is 6. The van der Waals surface area contributed by atoms with Gasteiger partial charge in [-0.05, 0) is 24.7 Å². The average molecular weight is 222 g/mol. The van der Waals surface area contributed by atoms with E-state index in [4.69, 9.17) is 12.2 Å². The minimum Gasteiger partial charge on any atom is -0.331 e. The molecule has 0 aromatic heterocycles. The first kappa shape index (κ1) is 13.1. The fourth-order valence-corrected chi connectivity index (χ4v) is 1.54. The standard InChI is InChI=1S/C13H22N2O/c1-4-7-15(9-11-5-6-11)13(16)8-12(14)10(2)3/h1,10-12H,5-9,14H2,2-3H3. The molecule has 0 spiro atoms. The van der Waals surface area contributed by atoms with E-state index in [-0.39, 0.29) is 11.9 Å². The van der Waals surface area contributed by atoms with Gasteiger partial charge in [0.05, 0.1) is 6.54 Å². The molecule has 16 heavy (non-hydrogen) atoms. The van der Waals surface area contributed by atoms with Gasteiger partial charge < -0.3 is 10.6 Å². The lowest BCUT2D eigenvalue weighted by Gasteiger charge is -2.23. The SMILES string of the molecule is C#CCN(CC1CC1)C(=O)CC(N)C(C)C. The Morgan fingerprint density at radius 3 is 2.62 bits per heavy atom. The fraction of sp³-hybridized carbons (Fsp3) is 0.769. The Labute approximate surface area is 98.4 Å². The highest BCUT2D eigenvalue weighted by atomic mass is 16.2. The minimum atomic E-state index is -0.0630. The molecular formula is C13H22N2O. The lowest BCUT2D eigenvalue weighted by atomic mass is 10.0. The molecule has 1 fully saturated rings. The van der Waals surface area contributed by atoms with Crippen LogP contribution in [-0.4, -0.2) is 29.9 Å². The number of hydrogen-bond donors (Lipinski definition) is 1. The maximum Gasteiger partial charge on any atom is 0.224 e. The van der Waals surface area contributed by atoms with E-state index in [2.05, 4.69) is 5.92 Å². The van der Waals surface area contributed by atoms with Crippen molar-refractivity contribution < 1.29 is 4.79 Å². The highest BCUT2D eigenvalue weighted by molar-refractivity contribution is 5.77. The Hall–Kier alpha value is -1.01. The van der Waals surface area contributed by atoms with E-state index in [1.165, 1.54) is 12.8 Å². The van der Waals surface area contributed by atoms with Crippen LogP contribution in [0.3, 0.4) is 0 Å². The Bertz CT molecular complexity index is 276. The molecule has 1 aliphatic rings.